The number of nitriles is 1. The highest BCUT2D eigenvalue weighted by molar-refractivity contribution is 7.98. The Kier molecular flexibility index (Phi) is 3.43. The first-order valence-electron chi connectivity index (χ1n) is 3.41. The molecule has 0 saturated carbocycles. The molecule has 0 aliphatic carbocycles. The van der Waals surface area contributed by atoms with Crippen LogP contribution in [-0.2, 0) is 0 Å². The minimum absolute atomic E-state index is 0.216. The maximum Gasteiger partial charge on any atom is 0.148 e. The van der Waals surface area contributed by atoms with Crippen molar-refractivity contribution in [1.29, 1.82) is 5.26 Å². The number of thioether (sulfide) groups is 1. The zero-order valence-electron chi connectivity index (χ0n) is 7.06. The van der Waals surface area contributed by atoms with E-state index in [2.05, 4.69) is 4.98 Å². The zero-order valence-corrected chi connectivity index (χ0v) is 9.39. The van der Waals surface area contributed by atoms with Gasteiger partial charge in [-0.2, -0.15) is 5.26 Å². The van der Waals surface area contributed by atoms with E-state index >= 15 is 0 Å². The van der Waals surface area contributed by atoms with Gasteiger partial charge in [0.2, 0.25) is 0 Å². The lowest BCUT2D eigenvalue weighted by atomic mass is 10.2. The zero-order chi connectivity index (χ0) is 10.0. The molecule has 0 amide bonds. The van der Waals surface area contributed by atoms with Crippen LogP contribution in [0, 0.1) is 18.3 Å². The van der Waals surface area contributed by atoms with Crippen molar-refractivity contribution in [2.45, 2.75) is 11.9 Å². The molecule has 0 aromatic carbocycles. The van der Waals surface area contributed by atoms with Gasteiger partial charge in [0, 0.05) is 0 Å². The SMILES string of the molecule is CSc1nc(Cl)c(C#N)c(C)c1Cl. The Balaban J connectivity index is 3.48. The molecule has 0 unspecified atom stereocenters. The molecule has 1 heterocycles. The largest absolute Gasteiger partial charge is 0.227 e. The minimum atomic E-state index is 0.216. The average Bonchev–Trinajstić information content (AvgIpc) is 2.12. The second kappa shape index (κ2) is 4.19. The van der Waals surface area contributed by atoms with Gasteiger partial charge in [0.05, 0.1) is 10.6 Å². The predicted molar refractivity (Wildman–Crippen MR) is 55.5 cm³/mol. The highest BCUT2D eigenvalue weighted by Crippen LogP contribution is 2.31. The second-order valence-corrected chi connectivity index (χ2v) is 3.87. The van der Waals surface area contributed by atoms with Crippen LogP contribution >= 0.6 is 35.0 Å². The van der Waals surface area contributed by atoms with Crippen LogP contribution in [-0.4, -0.2) is 11.2 Å². The van der Waals surface area contributed by atoms with Gasteiger partial charge in [-0.15, -0.1) is 11.8 Å². The van der Waals surface area contributed by atoms with Crippen molar-refractivity contribution in [3.8, 4) is 6.07 Å². The first-order valence-corrected chi connectivity index (χ1v) is 5.39. The van der Waals surface area contributed by atoms with Gasteiger partial charge in [0.15, 0.2) is 0 Å². The Morgan fingerprint density at radius 1 is 1.46 bits per heavy atom. The second-order valence-electron chi connectivity index (χ2n) is 2.34. The van der Waals surface area contributed by atoms with Crippen molar-refractivity contribution in [2.75, 3.05) is 6.26 Å². The Morgan fingerprint density at radius 2 is 2.08 bits per heavy atom. The number of halogens is 2. The first kappa shape index (κ1) is 10.6. The highest BCUT2D eigenvalue weighted by atomic mass is 35.5. The van der Waals surface area contributed by atoms with Crippen molar-refractivity contribution in [3.05, 3.63) is 21.3 Å². The molecule has 1 aromatic heterocycles. The maximum atomic E-state index is 8.75. The Morgan fingerprint density at radius 3 is 2.54 bits per heavy atom. The number of pyridine rings is 1. The Bertz CT molecular complexity index is 384. The monoisotopic (exact) mass is 232 g/mol. The molecule has 0 atom stereocenters. The van der Waals surface area contributed by atoms with Crippen LogP contribution in [0.5, 0.6) is 0 Å². The fourth-order valence-electron chi connectivity index (χ4n) is 0.884. The molecular formula is C8H6Cl2N2S. The maximum absolute atomic E-state index is 8.75. The third-order valence-electron chi connectivity index (χ3n) is 1.60. The van der Waals surface area contributed by atoms with E-state index in [9.17, 15) is 0 Å². The fraction of sp³-hybridized carbons (Fsp3) is 0.250. The molecule has 13 heavy (non-hydrogen) atoms. The standard InChI is InChI=1S/C8H6Cl2N2S/c1-4-5(3-11)7(10)12-8(13-2)6(4)9/h1-2H3. The van der Waals surface area contributed by atoms with Crippen LogP contribution in [0.3, 0.4) is 0 Å². The summed E-state index contributed by atoms with van der Waals surface area (Å²) in [5.74, 6) is 0. The Labute approximate surface area is 90.9 Å². The average molecular weight is 233 g/mol. The summed E-state index contributed by atoms with van der Waals surface area (Å²) in [5, 5.41) is 10.1. The van der Waals surface area contributed by atoms with E-state index in [1.165, 1.54) is 11.8 Å². The summed E-state index contributed by atoms with van der Waals surface area (Å²) < 4.78 is 0. The molecule has 0 spiro atoms. The number of hydrogen-bond donors (Lipinski definition) is 0. The van der Waals surface area contributed by atoms with E-state index < -0.39 is 0 Å². The number of nitrogens with zero attached hydrogens (tertiary/aromatic N) is 2. The van der Waals surface area contributed by atoms with E-state index in [4.69, 9.17) is 28.5 Å². The van der Waals surface area contributed by atoms with Crippen molar-refractivity contribution in [2.24, 2.45) is 0 Å². The van der Waals surface area contributed by atoms with Gasteiger partial charge in [-0.3, -0.25) is 0 Å². The third-order valence-corrected chi connectivity index (χ3v) is 3.13. The van der Waals surface area contributed by atoms with Gasteiger partial charge in [-0.05, 0) is 18.7 Å². The van der Waals surface area contributed by atoms with Crippen LogP contribution in [0.4, 0.5) is 0 Å². The lowest BCUT2D eigenvalue weighted by Gasteiger charge is -2.06. The molecule has 1 aromatic rings. The summed E-state index contributed by atoms with van der Waals surface area (Å²) in [5.41, 5.74) is 1.04. The predicted octanol–water partition coefficient (Wildman–Crippen LogP) is 3.29. The van der Waals surface area contributed by atoms with Crippen LogP contribution in [0.15, 0.2) is 5.03 Å². The van der Waals surface area contributed by atoms with Crippen LogP contribution in [0.1, 0.15) is 11.1 Å². The van der Waals surface area contributed by atoms with Gasteiger partial charge in [-0.25, -0.2) is 4.98 Å². The number of hydrogen-bond acceptors (Lipinski definition) is 3. The molecular weight excluding hydrogens is 227 g/mol. The summed E-state index contributed by atoms with van der Waals surface area (Å²) in [4.78, 5) is 4.00. The summed E-state index contributed by atoms with van der Waals surface area (Å²) in [6.07, 6.45) is 1.86. The molecule has 2 nitrogen and oxygen atoms in total. The van der Waals surface area contributed by atoms with Crippen molar-refractivity contribution >= 4 is 35.0 Å². The van der Waals surface area contributed by atoms with Crippen molar-refractivity contribution in [1.82, 2.24) is 4.98 Å². The molecule has 68 valence electrons. The quantitative estimate of drug-likeness (QED) is 0.551. The number of aromatic nitrogens is 1. The number of rotatable bonds is 1. The summed E-state index contributed by atoms with van der Waals surface area (Å²) >= 11 is 13.1. The van der Waals surface area contributed by atoms with Crippen molar-refractivity contribution in [3.63, 3.8) is 0 Å². The van der Waals surface area contributed by atoms with Crippen LogP contribution in [0.25, 0.3) is 0 Å². The molecule has 0 saturated heterocycles. The molecule has 0 bridgehead atoms. The van der Waals surface area contributed by atoms with Gasteiger partial charge in [-0.1, -0.05) is 23.2 Å². The molecule has 0 fully saturated rings. The fourth-order valence-corrected chi connectivity index (χ4v) is 2.09. The normalized spacial score (nSPS) is 9.77. The van der Waals surface area contributed by atoms with E-state index in [0.717, 1.165) is 0 Å². The van der Waals surface area contributed by atoms with Gasteiger partial charge < -0.3 is 0 Å². The van der Waals surface area contributed by atoms with Crippen LogP contribution in [0.2, 0.25) is 10.2 Å². The summed E-state index contributed by atoms with van der Waals surface area (Å²) in [6, 6.07) is 1.97. The molecule has 0 N–H and O–H groups in total. The van der Waals surface area contributed by atoms with Gasteiger partial charge >= 0.3 is 0 Å². The molecule has 1 rings (SSSR count). The molecule has 0 aliphatic heterocycles. The highest BCUT2D eigenvalue weighted by Gasteiger charge is 2.13. The molecule has 0 radical (unpaired) electrons. The summed E-state index contributed by atoms with van der Waals surface area (Å²) in [7, 11) is 0. The van der Waals surface area contributed by atoms with E-state index in [0.29, 0.717) is 21.2 Å². The van der Waals surface area contributed by atoms with E-state index in [1.807, 2.05) is 12.3 Å². The lowest BCUT2D eigenvalue weighted by molar-refractivity contribution is 1.10. The summed E-state index contributed by atoms with van der Waals surface area (Å²) in [6.45, 7) is 1.76. The van der Waals surface area contributed by atoms with Gasteiger partial charge in [0.1, 0.15) is 16.2 Å². The first-order chi connectivity index (χ1) is 6.11. The minimum Gasteiger partial charge on any atom is -0.227 e. The van der Waals surface area contributed by atoms with Crippen LogP contribution < -0.4 is 0 Å². The van der Waals surface area contributed by atoms with Crippen molar-refractivity contribution < 1.29 is 0 Å². The van der Waals surface area contributed by atoms with E-state index in [-0.39, 0.29) is 5.15 Å². The van der Waals surface area contributed by atoms with E-state index in [1.54, 1.807) is 6.92 Å². The Hall–Kier alpha value is -0.430. The smallest absolute Gasteiger partial charge is 0.148 e. The molecule has 5 heteroatoms. The third kappa shape index (κ3) is 1.91. The topological polar surface area (TPSA) is 36.7 Å². The molecule has 0 aliphatic rings. The van der Waals surface area contributed by atoms with Gasteiger partial charge in [0.25, 0.3) is 0 Å². The lowest BCUT2D eigenvalue weighted by Crippen LogP contribution is -1.92.